The van der Waals surface area contributed by atoms with Crippen LogP contribution in [0.4, 0.5) is 5.69 Å². The highest BCUT2D eigenvalue weighted by atomic mass is 35.5. The summed E-state index contributed by atoms with van der Waals surface area (Å²) in [7, 11) is -4.07. The van der Waals surface area contributed by atoms with Crippen molar-refractivity contribution in [2.24, 2.45) is 0 Å². The van der Waals surface area contributed by atoms with Crippen LogP contribution in [0.1, 0.15) is 24.0 Å². The van der Waals surface area contributed by atoms with Crippen molar-refractivity contribution in [3.63, 3.8) is 0 Å². The van der Waals surface area contributed by atoms with E-state index in [-0.39, 0.29) is 15.6 Å². The number of nitrogens with zero attached hydrogens (tertiary/aromatic N) is 2. The first-order chi connectivity index (χ1) is 16.8. The van der Waals surface area contributed by atoms with Crippen molar-refractivity contribution in [1.29, 1.82) is 0 Å². The zero-order valence-corrected chi connectivity index (χ0v) is 21.5. The fourth-order valence-electron chi connectivity index (χ4n) is 4.14. The number of halogens is 2. The first-order valence-electron chi connectivity index (χ1n) is 11.4. The number of carbonyl (C=O) groups excluding carboxylic acids is 1. The smallest absolute Gasteiger partial charge is 0.264 e. The standard InChI is InChI=1S/C26H27Cl2N3O3S/c27-22-12-13-24(28)25(16-22)31(35(33,34)23-10-2-1-3-11-23)19-26(32)29-17-20-8-4-5-9-21(20)18-30-14-6-7-15-30/h1-5,8-13,16H,6-7,14-15,17-19H2,(H,29,32). The number of anilines is 1. The molecular formula is C26H27Cl2N3O3S. The highest BCUT2D eigenvalue weighted by molar-refractivity contribution is 7.92. The van der Waals surface area contributed by atoms with Crippen molar-refractivity contribution in [1.82, 2.24) is 10.2 Å². The number of likely N-dealkylation sites (tertiary alicyclic amines) is 1. The van der Waals surface area contributed by atoms with Crippen LogP contribution in [-0.2, 0) is 27.9 Å². The summed E-state index contributed by atoms with van der Waals surface area (Å²) in [5.74, 6) is -0.448. The number of amides is 1. The molecule has 3 aromatic rings. The minimum Gasteiger partial charge on any atom is -0.350 e. The van der Waals surface area contributed by atoms with Crippen LogP contribution in [0.5, 0.6) is 0 Å². The Balaban J connectivity index is 1.54. The van der Waals surface area contributed by atoms with E-state index in [4.69, 9.17) is 23.2 Å². The number of hydrogen-bond acceptors (Lipinski definition) is 4. The average molecular weight is 532 g/mol. The van der Waals surface area contributed by atoms with Gasteiger partial charge in [-0.3, -0.25) is 14.0 Å². The summed E-state index contributed by atoms with van der Waals surface area (Å²) in [6.45, 7) is 2.84. The van der Waals surface area contributed by atoms with Gasteiger partial charge in [-0.15, -0.1) is 0 Å². The van der Waals surface area contributed by atoms with E-state index in [1.165, 1.54) is 37.1 Å². The van der Waals surface area contributed by atoms with Gasteiger partial charge in [0, 0.05) is 18.1 Å². The molecule has 0 saturated carbocycles. The lowest BCUT2D eigenvalue weighted by Gasteiger charge is -2.25. The number of nitrogens with one attached hydrogen (secondary N) is 1. The van der Waals surface area contributed by atoms with Crippen LogP contribution in [0.3, 0.4) is 0 Å². The average Bonchev–Trinajstić information content (AvgIpc) is 3.37. The third kappa shape index (κ3) is 6.35. The molecule has 1 N–H and O–H groups in total. The second-order valence-electron chi connectivity index (χ2n) is 8.45. The molecular weight excluding hydrogens is 505 g/mol. The minimum absolute atomic E-state index is 0.0554. The van der Waals surface area contributed by atoms with Gasteiger partial charge in [-0.1, -0.05) is 65.7 Å². The molecule has 3 aromatic carbocycles. The van der Waals surface area contributed by atoms with Crippen molar-refractivity contribution in [2.45, 2.75) is 30.8 Å². The summed E-state index contributed by atoms with van der Waals surface area (Å²) < 4.78 is 28.0. The van der Waals surface area contributed by atoms with Crippen LogP contribution >= 0.6 is 23.2 Å². The van der Waals surface area contributed by atoms with Crippen LogP contribution in [0.2, 0.25) is 10.0 Å². The number of rotatable bonds is 9. The van der Waals surface area contributed by atoms with E-state index in [1.54, 1.807) is 24.3 Å². The molecule has 0 bridgehead atoms. The molecule has 1 aliphatic heterocycles. The van der Waals surface area contributed by atoms with Gasteiger partial charge in [-0.25, -0.2) is 8.42 Å². The SMILES string of the molecule is O=C(CN(c1cc(Cl)ccc1Cl)S(=O)(=O)c1ccccc1)NCc1ccccc1CN1CCCC1. The zero-order valence-electron chi connectivity index (χ0n) is 19.2. The highest BCUT2D eigenvalue weighted by Gasteiger charge is 2.29. The molecule has 0 radical (unpaired) electrons. The van der Waals surface area contributed by atoms with Crippen LogP contribution in [0.25, 0.3) is 0 Å². The van der Waals surface area contributed by atoms with E-state index in [1.807, 2.05) is 18.2 Å². The number of benzene rings is 3. The molecule has 9 heteroatoms. The van der Waals surface area contributed by atoms with Crippen molar-refractivity contribution in [3.05, 3.63) is 94.0 Å². The second-order valence-corrected chi connectivity index (χ2v) is 11.2. The van der Waals surface area contributed by atoms with Crippen LogP contribution in [0, 0.1) is 0 Å². The zero-order chi connectivity index (χ0) is 24.8. The first-order valence-corrected chi connectivity index (χ1v) is 13.6. The van der Waals surface area contributed by atoms with Gasteiger partial charge in [0.25, 0.3) is 10.0 Å². The largest absolute Gasteiger partial charge is 0.350 e. The monoisotopic (exact) mass is 531 g/mol. The van der Waals surface area contributed by atoms with Gasteiger partial charge in [0.2, 0.25) is 5.91 Å². The van der Waals surface area contributed by atoms with E-state index in [2.05, 4.69) is 16.3 Å². The molecule has 1 aliphatic rings. The molecule has 0 aromatic heterocycles. The van der Waals surface area contributed by atoms with Gasteiger partial charge in [-0.05, 0) is 67.4 Å². The van der Waals surface area contributed by atoms with E-state index < -0.39 is 22.5 Å². The Morgan fingerprint density at radius 3 is 2.29 bits per heavy atom. The van der Waals surface area contributed by atoms with Crippen LogP contribution in [-0.4, -0.2) is 38.9 Å². The molecule has 0 unspecified atom stereocenters. The van der Waals surface area contributed by atoms with E-state index in [0.29, 0.717) is 11.6 Å². The molecule has 1 saturated heterocycles. The normalized spacial score (nSPS) is 14.1. The third-order valence-electron chi connectivity index (χ3n) is 5.98. The first kappa shape index (κ1) is 25.5. The quantitative estimate of drug-likeness (QED) is 0.417. The fraction of sp³-hybridized carbons (Fsp3) is 0.269. The summed E-state index contributed by atoms with van der Waals surface area (Å²) in [5, 5.41) is 3.37. The van der Waals surface area contributed by atoms with Gasteiger partial charge in [0.1, 0.15) is 6.54 Å². The fourth-order valence-corrected chi connectivity index (χ4v) is 6.03. The Hall–Kier alpha value is -2.58. The Kier molecular flexibility index (Phi) is 8.34. The minimum atomic E-state index is -4.07. The maximum Gasteiger partial charge on any atom is 0.264 e. The molecule has 1 amide bonds. The number of hydrogen-bond donors (Lipinski definition) is 1. The van der Waals surface area contributed by atoms with Gasteiger partial charge in [0.05, 0.1) is 15.6 Å². The Bertz CT molecular complexity index is 1280. The molecule has 0 aliphatic carbocycles. The van der Waals surface area contributed by atoms with Crippen molar-refractivity contribution in [3.8, 4) is 0 Å². The number of sulfonamides is 1. The lowest BCUT2D eigenvalue weighted by molar-refractivity contribution is -0.119. The molecule has 184 valence electrons. The molecule has 35 heavy (non-hydrogen) atoms. The topological polar surface area (TPSA) is 69.7 Å². The lowest BCUT2D eigenvalue weighted by Crippen LogP contribution is -2.41. The molecule has 1 heterocycles. The van der Waals surface area contributed by atoms with Crippen molar-refractivity contribution in [2.75, 3.05) is 23.9 Å². The summed E-state index contributed by atoms with van der Waals surface area (Å²) >= 11 is 12.5. The van der Waals surface area contributed by atoms with E-state index >= 15 is 0 Å². The van der Waals surface area contributed by atoms with Crippen LogP contribution < -0.4 is 9.62 Å². The van der Waals surface area contributed by atoms with Crippen molar-refractivity contribution >= 4 is 44.8 Å². The molecule has 1 fully saturated rings. The maximum atomic E-state index is 13.5. The maximum absolute atomic E-state index is 13.5. The summed E-state index contributed by atoms with van der Waals surface area (Å²) in [6.07, 6.45) is 2.41. The Morgan fingerprint density at radius 2 is 1.57 bits per heavy atom. The van der Waals surface area contributed by atoms with Crippen LogP contribution in [0.15, 0.2) is 77.7 Å². The van der Waals surface area contributed by atoms with Gasteiger partial charge in [-0.2, -0.15) is 0 Å². The van der Waals surface area contributed by atoms with Gasteiger partial charge < -0.3 is 5.32 Å². The number of carbonyl (C=O) groups is 1. The lowest BCUT2D eigenvalue weighted by atomic mass is 10.1. The van der Waals surface area contributed by atoms with E-state index in [0.717, 1.165) is 35.1 Å². The molecule has 6 nitrogen and oxygen atoms in total. The highest BCUT2D eigenvalue weighted by Crippen LogP contribution is 2.32. The van der Waals surface area contributed by atoms with Crippen molar-refractivity contribution < 1.29 is 13.2 Å². The molecule has 0 spiro atoms. The Morgan fingerprint density at radius 1 is 0.914 bits per heavy atom. The predicted molar refractivity (Wildman–Crippen MR) is 140 cm³/mol. The van der Waals surface area contributed by atoms with Gasteiger partial charge >= 0.3 is 0 Å². The molecule has 0 atom stereocenters. The molecule has 4 rings (SSSR count). The van der Waals surface area contributed by atoms with E-state index in [9.17, 15) is 13.2 Å². The van der Waals surface area contributed by atoms with Gasteiger partial charge in [0.15, 0.2) is 0 Å². The summed E-state index contributed by atoms with van der Waals surface area (Å²) in [5.41, 5.74) is 2.31. The third-order valence-corrected chi connectivity index (χ3v) is 8.31. The summed E-state index contributed by atoms with van der Waals surface area (Å²) in [4.78, 5) is 15.5. The second kappa shape index (κ2) is 11.4. The summed E-state index contributed by atoms with van der Waals surface area (Å²) in [6, 6.07) is 20.4. The Labute approximate surface area is 216 Å². The predicted octanol–water partition coefficient (Wildman–Crippen LogP) is 5.10.